The topological polar surface area (TPSA) is 15.3 Å². The first kappa shape index (κ1) is 7.56. The molecule has 0 radical (unpaired) electrons. The van der Waals surface area contributed by atoms with Crippen molar-refractivity contribution in [3.63, 3.8) is 0 Å². The summed E-state index contributed by atoms with van der Waals surface area (Å²) in [6.45, 7) is 6.16. The molecular weight excluding hydrogens is 136 g/mol. The SMILES string of the molecule is C[C@@H]1CCCN1[C@@H]1CCNC1. The van der Waals surface area contributed by atoms with E-state index in [9.17, 15) is 0 Å². The van der Waals surface area contributed by atoms with Crippen LogP contribution in [0.4, 0.5) is 0 Å². The molecule has 2 aliphatic rings. The summed E-state index contributed by atoms with van der Waals surface area (Å²) in [5, 5.41) is 3.43. The van der Waals surface area contributed by atoms with Crippen LogP contribution in [0.25, 0.3) is 0 Å². The number of hydrogen-bond acceptors (Lipinski definition) is 2. The van der Waals surface area contributed by atoms with Crippen LogP contribution in [0.2, 0.25) is 0 Å². The Morgan fingerprint density at radius 2 is 2.27 bits per heavy atom. The number of hydrogen-bond donors (Lipinski definition) is 1. The molecule has 0 amide bonds. The normalized spacial score (nSPS) is 40.1. The van der Waals surface area contributed by atoms with E-state index in [1.54, 1.807) is 0 Å². The van der Waals surface area contributed by atoms with E-state index in [4.69, 9.17) is 0 Å². The van der Waals surface area contributed by atoms with Crippen LogP contribution >= 0.6 is 0 Å². The van der Waals surface area contributed by atoms with Gasteiger partial charge in [-0.25, -0.2) is 0 Å². The van der Waals surface area contributed by atoms with Crippen LogP contribution in [0.15, 0.2) is 0 Å². The molecule has 0 bridgehead atoms. The lowest BCUT2D eigenvalue weighted by molar-refractivity contribution is 0.202. The highest BCUT2D eigenvalue weighted by Crippen LogP contribution is 2.21. The van der Waals surface area contributed by atoms with Crippen LogP contribution in [0.5, 0.6) is 0 Å². The molecule has 2 nitrogen and oxygen atoms in total. The molecule has 11 heavy (non-hydrogen) atoms. The van der Waals surface area contributed by atoms with Gasteiger partial charge >= 0.3 is 0 Å². The first-order valence-electron chi connectivity index (χ1n) is 4.84. The molecular formula is C9H18N2. The predicted molar refractivity (Wildman–Crippen MR) is 46.7 cm³/mol. The summed E-state index contributed by atoms with van der Waals surface area (Å²) >= 11 is 0. The van der Waals surface area contributed by atoms with Crippen LogP contribution in [0.1, 0.15) is 26.2 Å². The van der Waals surface area contributed by atoms with Gasteiger partial charge in [0, 0.05) is 18.6 Å². The van der Waals surface area contributed by atoms with Crippen molar-refractivity contribution in [3.05, 3.63) is 0 Å². The van der Waals surface area contributed by atoms with Crippen molar-refractivity contribution in [2.75, 3.05) is 19.6 Å². The molecule has 2 atom stereocenters. The van der Waals surface area contributed by atoms with E-state index in [-0.39, 0.29) is 0 Å². The third-order valence-electron chi connectivity index (χ3n) is 3.11. The van der Waals surface area contributed by atoms with Gasteiger partial charge in [0.15, 0.2) is 0 Å². The Labute approximate surface area is 69.0 Å². The van der Waals surface area contributed by atoms with Gasteiger partial charge < -0.3 is 5.32 Å². The van der Waals surface area contributed by atoms with Gasteiger partial charge in [-0.05, 0) is 39.3 Å². The summed E-state index contributed by atoms with van der Waals surface area (Å²) in [5.41, 5.74) is 0. The van der Waals surface area contributed by atoms with Crippen molar-refractivity contribution in [1.82, 2.24) is 10.2 Å². The zero-order valence-corrected chi connectivity index (χ0v) is 7.34. The van der Waals surface area contributed by atoms with Gasteiger partial charge in [-0.15, -0.1) is 0 Å². The second kappa shape index (κ2) is 3.11. The molecule has 2 aliphatic heterocycles. The van der Waals surface area contributed by atoms with E-state index in [2.05, 4.69) is 17.1 Å². The monoisotopic (exact) mass is 154 g/mol. The first-order valence-corrected chi connectivity index (χ1v) is 4.84. The standard InChI is InChI=1S/C9H18N2/c1-8-3-2-6-11(8)9-4-5-10-7-9/h8-10H,2-7H2,1H3/t8-,9-/m1/s1. The number of rotatable bonds is 1. The average molecular weight is 154 g/mol. The van der Waals surface area contributed by atoms with Crippen molar-refractivity contribution in [1.29, 1.82) is 0 Å². The smallest absolute Gasteiger partial charge is 0.0235 e. The summed E-state index contributed by atoms with van der Waals surface area (Å²) < 4.78 is 0. The van der Waals surface area contributed by atoms with Gasteiger partial charge in [0.1, 0.15) is 0 Å². The molecule has 0 aromatic carbocycles. The van der Waals surface area contributed by atoms with E-state index >= 15 is 0 Å². The lowest BCUT2D eigenvalue weighted by atomic mass is 10.2. The quantitative estimate of drug-likeness (QED) is 0.602. The van der Waals surface area contributed by atoms with Crippen molar-refractivity contribution < 1.29 is 0 Å². The first-order chi connectivity index (χ1) is 5.38. The van der Waals surface area contributed by atoms with E-state index in [1.165, 1.54) is 38.9 Å². The van der Waals surface area contributed by atoms with Gasteiger partial charge in [-0.1, -0.05) is 0 Å². The Bertz CT molecular complexity index is 130. The summed E-state index contributed by atoms with van der Waals surface area (Å²) in [5.74, 6) is 0. The van der Waals surface area contributed by atoms with Crippen molar-refractivity contribution >= 4 is 0 Å². The maximum Gasteiger partial charge on any atom is 0.0235 e. The average Bonchev–Trinajstić information content (AvgIpc) is 2.55. The number of nitrogens with zero attached hydrogens (tertiary/aromatic N) is 1. The molecule has 2 rings (SSSR count). The van der Waals surface area contributed by atoms with Crippen molar-refractivity contribution in [2.45, 2.75) is 38.3 Å². The number of nitrogens with one attached hydrogen (secondary N) is 1. The van der Waals surface area contributed by atoms with Gasteiger partial charge in [0.05, 0.1) is 0 Å². The zero-order chi connectivity index (χ0) is 7.68. The Balaban J connectivity index is 1.92. The molecule has 1 N–H and O–H groups in total. The van der Waals surface area contributed by atoms with Crippen LogP contribution in [-0.4, -0.2) is 36.6 Å². The maximum absolute atomic E-state index is 3.43. The summed E-state index contributed by atoms with van der Waals surface area (Å²) in [6, 6.07) is 1.70. The second-order valence-electron chi connectivity index (χ2n) is 3.88. The molecule has 0 unspecified atom stereocenters. The maximum atomic E-state index is 3.43. The van der Waals surface area contributed by atoms with Gasteiger partial charge in [-0.3, -0.25) is 4.90 Å². The van der Waals surface area contributed by atoms with Crippen LogP contribution < -0.4 is 5.32 Å². The largest absolute Gasteiger partial charge is 0.315 e. The fourth-order valence-corrected chi connectivity index (χ4v) is 2.42. The van der Waals surface area contributed by atoms with Gasteiger partial charge in [-0.2, -0.15) is 0 Å². The van der Waals surface area contributed by atoms with Crippen LogP contribution in [0, 0.1) is 0 Å². The van der Waals surface area contributed by atoms with Crippen LogP contribution in [-0.2, 0) is 0 Å². The molecule has 0 aliphatic carbocycles. The molecule has 2 saturated heterocycles. The Kier molecular flexibility index (Phi) is 2.14. The van der Waals surface area contributed by atoms with Crippen molar-refractivity contribution in [3.8, 4) is 0 Å². The Hall–Kier alpha value is -0.0800. The second-order valence-corrected chi connectivity index (χ2v) is 3.88. The molecule has 0 spiro atoms. The number of likely N-dealkylation sites (tertiary alicyclic amines) is 1. The fraction of sp³-hybridized carbons (Fsp3) is 1.00. The van der Waals surface area contributed by atoms with Gasteiger partial charge in [0.25, 0.3) is 0 Å². The minimum atomic E-state index is 0.847. The molecule has 64 valence electrons. The minimum absolute atomic E-state index is 0.847. The zero-order valence-electron chi connectivity index (χ0n) is 7.34. The minimum Gasteiger partial charge on any atom is -0.315 e. The van der Waals surface area contributed by atoms with E-state index in [0.717, 1.165) is 12.1 Å². The van der Waals surface area contributed by atoms with E-state index in [1.807, 2.05) is 0 Å². The molecule has 2 heteroatoms. The van der Waals surface area contributed by atoms with E-state index in [0.29, 0.717) is 0 Å². The highest BCUT2D eigenvalue weighted by Gasteiger charge is 2.29. The van der Waals surface area contributed by atoms with E-state index < -0.39 is 0 Å². The lowest BCUT2D eigenvalue weighted by Gasteiger charge is -2.27. The Morgan fingerprint density at radius 1 is 1.36 bits per heavy atom. The Morgan fingerprint density at radius 3 is 2.82 bits per heavy atom. The third-order valence-corrected chi connectivity index (χ3v) is 3.11. The summed E-state index contributed by atoms with van der Waals surface area (Å²) in [4.78, 5) is 2.68. The lowest BCUT2D eigenvalue weighted by Crippen LogP contribution is -2.38. The van der Waals surface area contributed by atoms with Gasteiger partial charge in [0.2, 0.25) is 0 Å². The highest BCUT2D eigenvalue weighted by atomic mass is 15.2. The molecule has 0 aromatic heterocycles. The fourth-order valence-electron chi connectivity index (χ4n) is 2.42. The molecule has 0 saturated carbocycles. The third kappa shape index (κ3) is 1.42. The molecule has 2 fully saturated rings. The van der Waals surface area contributed by atoms with Crippen LogP contribution in [0.3, 0.4) is 0 Å². The summed E-state index contributed by atoms with van der Waals surface area (Å²) in [7, 11) is 0. The predicted octanol–water partition coefficient (Wildman–Crippen LogP) is 0.833. The molecule has 2 heterocycles. The highest BCUT2D eigenvalue weighted by molar-refractivity contribution is 4.86. The van der Waals surface area contributed by atoms with Crippen molar-refractivity contribution in [2.24, 2.45) is 0 Å². The molecule has 0 aromatic rings. The summed E-state index contributed by atoms with van der Waals surface area (Å²) in [6.07, 6.45) is 4.19.